The van der Waals surface area contributed by atoms with Crippen LogP contribution in [0.15, 0.2) is 11.6 Å². The Morgan fingerprint density at radius 2 is 1.43 bits per heavy atom. The van der Waals surface area contributed by atoms with Crippen LogP contribution in [0.3, 0.4) is 0 Å². The summed E-state index contributed by atoms with van der Waals surface area (Å²) in [6, 6.07) is 0. The predicted octanol–water partition coefficient (Wildman–Crippen LogP) is 10.0. The van der Waals surface area contributed by atoms with Gasteiger partial charge in [-0.2, -0.15) is 0 Å². The van der Waals surface area contributed by atoms with E-state index in [0.717, 1.165) is 17.8 Å². The molecular weight excluding hydrogens is 440 g/mol. The molecule has 0 radical (unpaired) electrons. The van der Waals surface area contributed by atoms with Crippen molar-refractivity contribution < 1.29 is 4.43 Å². The molecule has 4 saturated carbocycles. The Balaban J connectivity index is 1.51. The van der Waals surface area contributed by atoms with Gasteiger partial charge in [-0.15, -0.1) is 0 Å². The van der Waals surface area contributed by atoms with Crippen LogP contribution in [0, 0.1) is 50.2 Å². The minimum absolute atomic E-state index is 0.276. The van der Waals surface area contributed by atoms with Crippen LogP contribution < -0.4 is 0 Å². The normalized spacial score (nSPS) is 50.8. The first-order valence-electron chi connectivity index (χ1n) is 15.3. The summed E-state index contributed by atoms with van der Waals surface area (Å²) < 4.78 is 6.87. The molecule has 0 saturated heterocycles. The third-order valence-electron chi connectivity index (χ3n) is 13.5. The van der Waals surface area contributed by atoms with E-state index in [-0.39, 0.29) is 5.41 Å². The van der Waals surface area contributed by atoms with Crippen LogP contribution in [-0.4, -0.2) is 14.4 Å². The van der Waals surface area contributed by atoms with E-state index >= 15 is 0 Å². The van der Waals surface area contributed by atoms with Crippen LogP contribution in [0.5, 0.6) is 0 Å². The third-order valence-corrected chi connectivity index (χ3v) is 14.5. The molecule has 4 fully saturated rings. The van der Waals surface area contributed by atoms with E-state index in [9.17, 15) is 0 Å². The predicted molar refractivity (Wildman–Crippen MR) is 153 cm³/mol. The molecule has 0 N–H and O–H groups in total. The molecule has 5 aliphatic rings. The summed E-state index contributed by atoms with van der Waals surface area (Å²) in [6.45, 7) is 28.3. The number of hydrogen-bond acceptors (Lipinski definition) is 1. The standard InChI is InChI=1S/C33H58OSi/c1-28(2)18-19-30(5)20-21-32(7)23(24(30)22-28)12-13-26-31(6)16-15-27(34-35(9,10)11)29(3,4)25(31)14-17-33(26,32)8/h12,24-27H,13-22H2,1-11H3/t24-,25-,26+,27+,30+,31-,32+,33+/m0/s1. The summed E-state index contributed by atoms with van der Waals surface area (Å²) in [6.07, 6.45) is 17.2. The van der Waals surface area contributed by atoms with Gasteiger partial charge in [0.15, 0.2) is 8.32 Å². The molecule has 0 aromatic heterocycles. The molecule has 5 rings (SSSR count). The van der Waals surface area contributed by atoms with Gasteiger partial charge in [0.1, 0.15) is 0 Å². The highest BCUT2D eigenvalue weighted by atomic mass is 28.4. The zero-order chi connectivity index (χ0) is 25.9. The molecule has 35 heavy (non-hydrogen) atoms. The Morgan fingerprint density at radius 1 is 0.771 bits per heavy atom. The molecule has 8 atom stereocenters. The van der Waals surface area contributed by atoms with Gasteiger partial charge in [0.2, 0.25) is 0 Å². The molecule has 0 heterocycles. The first kappa shape index (κ1) is 26.5. The summed E-state index contributed by atoms with van der Waals surface area (Å²) >= 11 is 0. The number of fused-ring (bicyclic) bond motifs is 7. The van der Waals surface area contributed by atoms with Crippen molar-refractivity contribution in [2.75, 3.05) is 0 Å². The quantitative estimate of drug-likeness (QED) is 0.272. The summed E-state index contributed by atoms with van der Waals surface area (Å²) in [4.78, 5) is 0. The summed E-state index contributed by atoms with van der Waals surface area (Å²) in [5, 5.41) is 0. The van der Waals surface area contributed by atoms with Crippen molar-refractivity contribution in [2.45, 2.75) is 145 Å². The lowest BCUT2D eigenvalue weighted by molar-refractivity contribution is -0.200. The van der Waals surface area contributed by atoms with Gasteiger partial charge in [0.05, 0.1) is 6.10 Å². The molecule has 0 aromatic carbocycles. The van der Waals surface area contributed by atoms with Crippen molar-refractivity contribution in [3.63, 3.8) is 0 Å². The van der Waals surface area contributed by atoms with Gasteiger partial charge in [0, 0.05) is 0 Å². The molecule has 0 bridgehead atoms. The average Bonchev–Trinajstić information content (AvgIpc) is 2.71. The zero-order valence-electron chi connectivity index (χ0n) is 25.4. The Kier molecular flexibility index (Phi) is 5.86. The highest BCUT2D eigenvalue weighted by Gasteiger charge is 2.68. The van der Waals surface area contributed by atoms with E-state index in [0.29, 0.717) is 33.2 Å². The maximum absolute atomic E-state index is 6.87. The lowest BCUT2D eigenvalue weighted by atomic mass is 9.33. The molecule has 200 valence electrons. The van der Waals surface area contributed by atoms with E-state index in [2.05, 4.69) is 81.1 Å². The maximum atomic E-state index is 6.87. The van der Waals surface area contributed by atoms with Crippen LogP contribution in [0.25, 0.3) is 0 Å². The highest BCUT2D eigenvalue weighted by Crippen LogP contribution is 2.75. The van der Waals surface area contributed by atoms with Crippen molar-refractivity contribution in [1.82, 2.24) is 0 Å². The fourth-order valence-corrected chi connectivity index (χ4v) is 12.4. The second kappa shape index (κ2) is 7.74. The van der Waals surface area contributed by atoms with Crippen molar-refractivity contribution in [3.8, 4) is 0 Å². The van der Waals surface area contributed by atoms with Gasteiger partial charge < -0.3 is 4.43 Å². The molecule has 2 heteroatoms. The SMILES string of the molecule is CC1(C)CC[C@]2(C)CC[C@]3(C)C(=CC[C@@H]4[C@@]5(C)CC[C@@H](O[Si](C)(C)C)C(C)(C)[C@@H]5CC[C@]43C)[C@@H]2C1. The van der Waals surface area contributed by atoms with E-state index < -0.39 is 8.32 Å². The van der Waals surface area contributed by atoms with Crippen LogP contribution in [0.4, 0.5) is 0 Å². The van der Waals surface area contributed by atoms with Crippen LogP contribution in [0.2, 0.25) is 19.6 Å². The first-order valence-corrected chi connectivity index (χ1v) is 18.7. The molecule has 0 aromatic rings. The molecular formula is C33H58OSi. The molecule has 0 spiro atoms. The Morgan fingerprint density at radius 3 is 2.09 bits per heavy atom. The fraction of sp³-hybridized carbons (Fsp3) is 0.939. The maximum Gasteiger partial charge on any atom is 0.184 e. The Bertz CT molecular complexity index is 893. The smallest absolute Gasteiger partial charge is 0.184 e. The van der Waals surface area contributed by atoms with Crippen molar-refractivity contribution in [3.05, 3.63) is 11.6 Å². The number of hydrogen-bond donors (Lipinski definition) is 0. The second-order valence-electron chi connectivity index (χ2n) is 17.4. The monoisotopic (exact) mass is 498 g/mol. The average molecular weight is 499 g/mol. The van der Waals surface area contributed by atoms with Crippen LogP contribution in [-0.2, 0) is 4.43 Å². The number of rotatable bonds is 2. The molecule has 1 nitrogen and oxygen atoms in total. The van der Waals surface area contributed by atoms with Crippen molar-refractivity contribution >= 4 is 8.32 Å². The fourth-order valence-electron chi connectivity index (χ4n) is 11.1. The van der Waals surface area contributed by atoms with E-state index in [4.69, 9.17) is 4.43 Å². The minimum Gasteiger partial charge on any atom is -0.414 e. The van der Waals surface area contributed by atoms with Gasteiger partial charge >= 0.3 is 0 Å². The summed E-state index contributed by atoms with van der Waals surface area (Å²) in [5.74, 6) is 2.41. The van der Waals surface area contributed by atoms with Gasteiger partial charge in [-0.1, -0.05) is 67.0 Å². The van der Waals surface area contributed by atoms with E-state index in [1.54, 1.807) is 0 Å². The van der Waals surface area contributed by atoms with Gasteiger partial charge in [-0.05, 0) is 134 Å². The molecule has 5 aliphatic carbocycles. The van der Waals surface area contributed by atoms with E-state index in [1.165, 1.54) is 64.2 Å². The summed E-state index contributed by atoms with van der Waals surface area (Å²) in [5.41, 5.74) is 4.49. The zero-order valence-corrected chi connectivity index (χ0v) is 26.4. The largest absolute Gasteiger partial charge is 0.414 e. The lowest BCUT2D eigenvalue weighted by Gasteiger charge is -2.71. The molecule has 0 unspecified atom stereocenters. The minimum atomic E-state index is -1.54. The highest BCUT2D eigenvalue weighted by molar-refractivity contribution is 6.69. The van der Waals surface area contributed by atoms with E-state index in [1.807, 2.05) is 5.57 Å². The Labute approximate surface area is 219 Å². The van der Waals surface area contributed by atoms with Gasteiger partial charge in [0.25, 0.3) is 0 Å². The topological polar surface area (TPSA) is 9.23 Å². The summed E-state index contributed by atoms with van der Waals surface area (Å²) in [7, 11) is -1.54. The second-order valence-corrected chi connectivity index (χ2v) is 21.9. The van der Waals surface area contributed by atoms with Crippen molar-refractivity contribution in [2.24, 2.45) is 50.2 Å². The first-order chi connectivity index (χ1) is 15.9. The van der Waals surface area contributed by atoms with Gasteiger partial charge in [-0.3, -0.25) is 0 Å². The molecule has 0 amide bonds. The van der Waals surface area contributed by atoms with Crippen LogP contribution >= 0.6 is 0 Å². The Hall–Kier alpha value is -0.0831. The van der Waals surface area contributed by atoms with Gasteiger partial charge in [-0.25, -0.2) is 0 Å². The lowest BCUT2D eigenvalue weighted by Crippen LogP contribution is -2.65. The molecule has 0 aliphatic heterocycles. The third kappa shape index (κ3) is 3.76. The number of allylic oxidation sites excluding steroid dienone is 2. The van der Waals surface area contributed by atoms with Crippen molar-refractivity contribution in [1.29, 1.82) is 0 Å². The van der Waals surface area contributed by atoms with Crippen LogP contribution in [0.1, 0.15) is 120 Å².